The number of benzene rings is 1. The van der Waals surface area contributed by atoms with Gasteiger partial charge >= 0.3 is 0 Å². The zero-order chi connectivity index (χ0) is 13.1. The Kier molecular flexibility index (Phi) is 4.68. The van der Waals surface area contributed by atoms with E-state index in [-0.39, 0.29) is 5.25 Å². The molecule has 0 bridgehead atoms. The first-order valence-electron chi connectivity index (χ1n) is 6.59. The van der Waals surface area contributed by atoms with E-state index in [0.29, 0.717) is 21.5 Å². The van der Waals surface area contributed by atoms with Gasteiger partial charge in [-0.2, -0.15) is 0 Å². The molecule has 0 radical (unpaired) electrons. The summed E-state index contributed by atoms with van der Waals surface area (Å²) in [6, 6.07) is 5.26. The van der Waals surface area contributed by atoms with Crippen LogP contribution in [0.15, 0.2) is 23.1 Å². The van der Waals surface area contributed by atoms with Crippen molar-refractivity contribution in [3.63, 3.8) is 0 Å². The molecule has 3 unspecified atom stereocenters. The summed E-state index contributed by atoms with van der Waals surface area (Å²) < 4.78 is 12.7. The standard InChI is InChI=1S/C14H20ClNOS/c1-2-10-5-3-4-6-13(10)18(17)14-9-11(16)7-8-12(14)15/h7-10,13H,2-6,16H2,1H3. The maximum atomic E-state index is 12.7. The van der Waals surface area contributed by atoms with Crippen molar-refractivity contribution in [3.05, 3.63) is 23.2 Å². The minimum absolute atomic E-state index is 0.239. The summed E-state index contributed by atoms with van der Waals surface area (Å²) in [5.74, 6) is 0.553. The van der Waals surface area contributed by atoms with E-state index < -0.39 is 10.8 Å². The minimum Gasteiger partial charge on any atom is -0.399 e. The molecule has 100 valence electrons. The Bertz CT molecular complexity index is 449. The Balaban J connectivity index is 2.26. The second-order valence-electron chi connectivity index (χ2n) is 4.98. The van der Waals surface area contributed by atoms with Crippen molar-refractivity contribution in [1.29, 1.82) is 0 Å². The van der Waals surface area contributed by atoms with E-state index >= 15 is 0 Å². The smallest absolute Gasteiger partial charge is 0.0597 e. The minimum atomic E-state index is -1.03. The van der Waals surface area contributed by atoms with Crippen molar-refractivity contribution in [3.8, 4) is 0 Å². The van der Waals surface area contributed by atoms with Crippen molar-refractivity contribution in [2.75, 3.05) is 5.73 Å². The molecule has 18 heavy (non-hydrogen) atoms. The number of rotatable bonds is 3. The quantitative estimate of drug-likeness (QED) is 0.853. The van der Waals surface area contributed by atoms with Crippen LogP contribution in [0.1, 0.15) is 39.0 Å². The first-order valence-corrected chi connectivity index (χ1v) is 8.18. The molecule has 1 saturated carbocycles. The van der Waals surface area contributed by atoms with Gasteiger partial charge in [0.25, 0.3) is 0 Å². The van der Waals surface area contributed by atoms with Gasteiger partial charge in [-0.3, -0.25) is 4.21 Å². The Labute approximate surface area is 116 Å². The summed E-state index contributed by atoms with van der Waals surface area (Å²) in [5.41, 5.74) is 6.40. The molecule has 2 rings (SSSR count). The van der Waals surface area contributed by atoms with E-state index in [0.717, 1.165) is 12.8 Å². The first-order chi connectivity index (χ1) is 8.63. The van der Waals surface area contributed by atoms with Crippen LogP contribution < -0.4 is 5.73 Å². The van der Waals surface area contributed by atoms with Crippen LogP contribution in [0.25, 0.3) is 0 Å². The van der Waals surface area contributed by atoms with Crippen molar-refractivity contribution in [2.45, 2.75) is 49.2 Å². The topological polar surface area (TPSA) is 43.1 Å². The second kappa shape index (κ2) is 6.07. The average Bonchev–Trinajstić information content (AvgIpc) is 2.40. The van der Waals surface area contributed by atoms with Gasteiger partial charge < -0.3 is 5.73 Å². The highest BCUT2D eigenvalue weighted by Gasteiger charge is 2.30. The van der Waals surface area contributed by atoms with Crippen LogP contribution in [-0.4, -0.2) is 9.46 Å². The lowest BCUT2D eigenvalue weighted by molar-refractivity contribution is 0.355. The summed E-state index contributed by atoms with van der Waals surface area (Å²) in [6.07, 6.45) is 5.75. The molecule has 0 aromatic heterocycles. The Morgan fingerprint density at radius 3 is 2.83 bits per heavy atom. The zero-order valence-electron chi connectivity index (χ0n) is 10.7. The van der Waals surface area contributed by atoms with Crippen LogP contribution in [0.4, 0.5) is 5.69 Å². The van der Waals surface area contributed by atoms with Gasteiger partial charge in [0, 0.05) is 10.9 Å². The number of hydrogen-bond donors (Lipinski definition) is 1. The van der Waals surface area contributed by atoms with Crippen LogP contribution in [-0.2, 0) is 10.8 Å². The predicted molar refractivity (Wildman–Crippen MR) is 78.3 cm³/mol. The van der Waals surface area contributed by atoms with Crippen LogP contribution in [0.2, 0.25) is 5.02 Å². The maximum absolute atomic E-state index is 12.7. The highest BCUT2D eigenvalue weighted by Crippen LogP contribution is 2.35. The summed E-state index contributed by atoms with van der Waals surface area (Å²) in [6.45, 7) is 2.18. The molecule has 1 aliphatic carbocycles. The van der Waals surface area contributed by atoms with Gasteiger partial charge in [-0.25, -0.2) is 0 Å². The van der Waals surface area contributed by atoms with Crippen molar-refractivity contribution in [1.82, 2.24) is 0 Å². The van der Waals surface area contributed by atoms with Gasteiger partial charge in [0.05, 0.1) is 20.7 Å². The fourth-order valence-corrected chi connectivity index (χ4v) is 5.00. The van der Waals surface area contributed by atoms with Gasteiger partial charge in [0.2, 0.25) is 0 Å². The number of hydrogen-bond acceptors (Lipinski definition) is 2. The van der Waals surface area contributed by atoms with E-state index in [1.165, 1.54) is 19.3 Å². The van der Waals surface area contributed by atoms with Crippen molar-refractivity contribution in [2.24, 2.45) is 5.92 Å². The Hall–Kier alpha value is -0.540. The SMILES string of the molecule is CCC1CCCCC1S(=O)c1cc(N)ccc1Cl. The third-order valence-corrected chi connectivity index (χ3v) is 6.19. The van der Waals surface area contributed by atoms with E-state index in [4.69, 9.17) is 17.3 Å². The molecule has 0 aliphatic heterocycles. The third-order valence-electron chi connectivity index (χ3n) is 3.81. The molecule has 2 nitrogen and oxygen atoms in total. The fraction of sp³-hybridized carbons (Fsp3) is 0.571. The Morgan fingerprint density at radius 2 is 2.11 bits per heavy atom. The normalized spacial score (nSPS) is 25.9. The zero-order valence-corrected chi connectivity index (χ0v) is 12.3. The molecule has 0 saturated heterocycles. The van der Waals surface area contributed by atoms with E-state index in [1.54, 1.807) is 18.2 Å². The lowest BCUT2D eigenvalue weighted by Crippen LogP contribution is -2.29. The molecule has 0 heterocycles. The first kappa shape index (κ1) is 13.9. The van der Waals surface area contributed by atoms with Crippen molar-refractivity contribution >= 4 is 28.1 Å². The molecule has 0 amide bonds. The number of nitrogen functional groups attached to an aromatic ring is 1. The number of anilines is 1. The second-order valence-corrected chi connectivity index (χ2v) is 7.03. The summed E-state index contributed by atoms with van der Waals surface area (Å²) in [7, 11) is -1.03. The molecule has 3 atom stereocenters. The largest absolute Gasteiger partial charge is 0.399 e. The third kappa shape index (κ3) is 2.89. The average molecular weight is 286 g/mol. The van der Waals surface area contributed by atoms with Crippen LogP contribution in [0, 0.1) is 5.92 Å². The monoisotopic (exact) mass is 285 g/mol. The predicted octanol–water partition coefficient (Wildman–Crippen LogP) is 4.00. The summed E-state index contributed by atoms with van der Waals surface area (Å²) in [4.78, 5) is 0.710. The highest BCUT2D eigenvalue weighted by atomic mass is 35.5. The lowest BCUT2D eigenvalue weighted by atomic mass is 9.87. The maximum Gasteiger partial charge on any atom is 0.0597 e. The molecular weight excluding hydrogens is 266 g/mol. The van der Waals surface area contributed by atoms with E-state index in [2.05, 4.69) is 6.92 Å². The van der Waals surface area contributed by atoms with Gasteiger partial charge in [-0.15, -0.1) is 0 Å². The molecule has 0 spiro atoms. The van der Waals surface area contributed by atoms with Crippen LogP contribution in [0.5, 0.6) is 0 Å². The lowest BCUT2D eigenvalue weighted by Gasteiger charge is -2.30. The van der Waals surface area contributed by atoms with Crippen LogP contribution in [0.3, 0.4) is 0 Å². The van der Waals surface area contributed by atoms with Gasteiger partial charge in [-0.1, -0.05) is 37.8 Å². The molecule has 1 aromatic carbocycles. The van der Waals surface area contributed by atoms with Gasteiger partial charge in [0.1, 0.15) is 0 Å². The highest BCUT2D eigenvalue weighted by molar-refractivity contribution is 7.85. The number of halogens is 1. The van der Waals surface area contributed by atoms with Gasteiger partial charge in [-0.05, 0) is 37.0 Å². The van der Waals surface area contributed by atoms with E-state index in [1.807, 2.05) is 0 Å². The van der Waals surface area contributed by atoms with E-state index in [9.17, 15) is 4.21 Å². The fourth-order valence-electron chi connectivity index (χ4n) is 2.76. The molecule has 1 fully saturated rings. The summed E-state index contributed by atoms with van der Waals surface area (Å²) >= 11 is 6.15. The molecule has 1 aliphatic rings. The molecular formula is C14H20ClNOS. The van der Waals surface area contributed by atoms with Gasteiger partial charge in [0.15, 0.2) is 0 Å². The molecule has 1 aromatic rings. The summed E-state index contributed by atoms with van der Waals surface area (Å²) in [5, 5.41) is 0.811. The molecule has 2 N–H and O–H groups in total. The number of nitrogens with two attached hydrogens (primary N) is 1. The van der Waals surface area contributed by atoms with Crippen LogP contribution >= 0.6 is 11.6 Å². The molecule has 4 heteroatoms. The Morgan fingerprint density at radius 1 is 1.39 bits per heavy atom. The van der Waals surface area contributed by atoms with Crippen molar-refractivity contribution < 1.29 is 4.21 Å².